The van der Waals surface area contributed by atoms with Crippen molar-refractivity contribution in [1.29, 1.82) is 0 Å². The lowest BCUT2D eigenvalue weighted by Crippen LogP contribution is -2.26. The minimum atomic E-state index is -1.57. The number of aliphatic hydroxyl groups is 1. The van der Waals surface area contributed by atoms with Crippen LogP contribution in [-0.2, 0) is 9.53 Å². The van der Waals surface area contributed by atoms with Crippen molar-refractivity contribution >= 4 is 11.5 Å². The molecule has 0 bridgehead atoms. The summed E-state index contributed by atoms with van der Waals surface area (Å²) in [7, 11) is 0. The van der Waals surface area contributed by atoms with E-state index in [1.165, 1.54) is 6.92 Å². The van der Waals surface area contributed by atoms with Crippen molar-refractivity contribution in [1.82, 2.24) is 0 Å². The van der Waals surface area contributed by atoms with Crippen molar-refractivity contribution in [3.63, 3.8) is 0 Å². The minimum absolute atomic E-state index is 0.420. The molecule has 0 aromatic heterocycles. The van der Waals surface area contributed by atoms with Crippen LogP contribution in [0.1, 0.15) is 25.0 Å². The van der Waals surface area contributed by atoms with Crippen molar-refractivity contribution < 1.29 is 14.6 Å². The molecule has 0 amide bonds. The van der Waals surface area contributed by atoms with Gasteiger partial charge in [-0.3, -0.25) is 0 Å². The van der Waals surface area contributed by atoms with Crippen LogP contribution in [0.15, 0.2) is 29.8 Å². The summed E-state index contributed by atoms with van der Waals surface area (Å²) in [5.74, 6) is 0.444. The Balaban J connectivity index is 2.52. The van der Waals surface area contributed by atoms with Gasteiger partial charge in [0.15, 0.2) is 0 Å². The molecule has 2 rings (SSSR count). The molecule has 0 saturated carbocycles. The second kappa shape index (κ2) is 3.76. The number of esters is 1. The molecule has 0 radical (unpaired) electrons. The number of hydrogen-bond acceptors (Lipinski definition) is 3. The number of carbonyl (C=O) groups excluding carboxylic acids is 1. The van der Waals surface area contributed by atoms with Crippen LogP contribution in [-0.4, -0.2) is 16.9 Å². The van der Waals surface area contributed by atoms with E-state index in [1.54, 1.807) is 31.2 Å². The lowest BCUT2D eigenvalue weighted by molar-refractivity contribution is -0.170. The molecule has 1 aromatic rings. The highest BCUT2D eigenvalue weighted by Gasteiger charge is 2.41. The lowest BCUT2D eigenvalue weighted by atomic mass is 9.95. The van der Waals surface area contributed by atoms with E-state index in [9.17, 15) is 9.90 Å². The SMILES string of the molecule is C#Cc1ccc(C2=C(C)C(=O)OC2(C)O)cc1. The molecule has 3 nitrogen and oxygen atoms in total. The fraction of sp³-hybridized carbons (Fsp3) is 0.214. The Bertz CT molecular complexity index is 542. The van der Waals surface area contributed by atoms with Crippen molar-refractivity contribution in [2.45, 2.75) is 19.6 Å². The van der Waals surface area contributed by atoms with E-state index in [4.69, 9.17) is 11.2 Å². The Morgan fingerprint density at radius 1 is 1.35 bits per heavy atom. The molecule has 1 N–H and O–H groups in total. The maximum Gasteiger partial charge on any atom is 0.337 e. The number of terminal acetylenes is 1. The van der Waals surface area contributed by atoms with Crippen LogP contribution in [0.25, 0.3) is 5.57 Å². The Labute approximate surface area is 99.7 Å². The van der Waals surface area contributed by atoms with E-state index in [2.05, 4.69) is 5.92 Å². The molecule has 1 unspecified atom stereocenters. The largest absolute Gasteiger partial charge is 0.426 e. The number of benzene rings is 1. The van der Waals surface area contributed by atoms with Crippen LogP contribution in [0.4, 0.5) is 0 Å². The van der Waals surface area contributed by atoms with Gasteiger partial charge in [-0.2, -0.15) is 0 Å². The number of cyclic esters (lactones) is 1. The third kappa shape index (κ3) is 1.83. The van der Waals surface area contributed by atoms with Gasteiger partial charge in [-0.15, -0.1) is 6.42 Å². The molecule has 86 valence electrons. The summed E-state index contributed by atoms with van der Waals surface area (Å²) in [5, 5.41) is 10.0. The van der Waals surface area contributed by atoms with Gasteiger partial charge in [0, 0.05) is 23.6 Å². The van der Waals surface area contributed by atoms with Gasteiger partial charge in [0.1, 0.15) is 0 Å². The van der Waals surface area contributed by atoms with Crippen LogP contribution < -0.4 is 0 Å². The first-order chi connectivity index (χ1) is 7.95. The molecular weight excluding hydrogens is 216 g/mol. The first-order valence-corrected chi connectivity index (χ1v) is 5.20. The highest BCUT2D eigenvalue weighted by atomic mass is 16.7. The van der Waals surface area contributed by atoms with Crippen molar-refractivity contribution in [2.75, 3.05) is 0 Å². The molecule has 1 aromatic carbocycles. The van der Waals surface area contributed by atoms with Crippen LogP contribution in [0, 0.1) is 12.3 Å². The number of carbonyl (C=O) groups is 1. The molecule has 3 heteroatoms. The van der Waals surface area contributed by atoms with E-state index < -0.39 is 11.8 Å². The molecular formula is C14H12O3. The van der Waals surface area contributed by atoms with Gasteiger partial charge in [0.2, 0.25) is 5.79 Å². The molecule has 1 atom stereocenters. The summed E-state index contributed by atoms with van der Waals surface area (Å²) in [5.41, 5.74) is 2.39. The molecule has 0 saturated heterocycles. The van der Waals surface area contributed by atoms with E-state index in [0.717, 1.165) is 11.1 Å². The number of rotatable bonds is 1. The highest BCUT2D eigenvalue weighted by Crippen LogP contribution is 2.37. The van der Waals surface area contributed by atoms with Gasteiger partial charge in [-0.05, 0) is 24.6 Å². The van der Waals surface area contributed by atoms with Crippen molar-refractivity contribution in [3.05, 3.63) is 41.0 Å². The fourth-order valence-electron chi connectivity index (χ4n) is 1.98. The third-order valence-electron chi connectivity index (χ3n) is 2.78. The summed E-state index contributed by atoms with van der Waals surface area (Å²) in [4.78, 5) is 11.4. The zero-order chi connectivity index (χ0) is 12.6. The van der Waals surface area contributed by atoms with Gasteiger partial charge >= 0.3 is 5.97 Å². The van der Waals surface area contributed by atoms with E-state index in [1.807, 2.05) is 0 Å². The maximum atomic E-state index is 11.4. The van der Waals surface area contributed by atoms with E-state index >= 15 is 0 Å². The second-order valence-electron chi connectivity index (χ2n) is 4.09. The van der Waals surface area contributed by atoms with Crippen LogP contribution >= 0.6 is 0 Å². The lowest BCUT2D eigenvalue weighted by Gasteiger charge is -2.19. The zero-order valence-electron chi connectivity index (χ0n) is 9.65. The first-order valence-electron chi connectivity index (χ1n) is 5.20. The second-order valence-corrected chi connectivity index (χ2v) is 4.09. The summed E-state index contributed by atoms with van der Waals surface area (Å²) >= 11 is 0. The number of hydrogen-bond donors (Lipinski definition) is 1. The maximum absolute atomic E-state index is 11.4. The summed E-state index contributed by atoms with van der Waals surface area (Å²) in [6, 6.07) is 7.05. The number of ether oxygens (including phenoxy) is 1. The summed E-state index contributed by atoms with van der Waals surface area (Å²) < 4.78 is 4.89. The molecule has 1 aliphatic heterocycles. The van der Waals surface area contributed by atoms with Gasteiger partial charge in [-0.25, -0.2) is 4.79 Å². The van der Waals surface area contributed by atoms with Crippen molar-refractivity contribution in [3.8, 4) is 12.3 Å². The normalized spacial score (nSPS) is 23.5. The average molecular weight is 228 g/mol. The summed E-state index contributed by atoms with van der Waals surface area (Å²) in [6.07, 6.45) is 5.27. The Morgan fingerprint density at radius 3 is 2.35 bits per heavy atom. The smallest absolute Gasteiger partial charge is 0.337 e. The van der Waals surface area contributed by atoms with Crippen LogP contribution in [0.2, 0.25) is 0 Å². The standard InChI is InChI=1S/C14H12O3/c1-4-10-5-7-11(8-6-10)12-9(2)13(15)17-14(12,3)16/h1,5-8,16H,2-3H3. The predicted octanol–water partition coefficient (Wildman–Crippen LogP) is 1.71. The Morgan fingerprint density at radius 2 is 1.94 bits per heavy atom. The fourth-order valence-corrected chi connectivity index (χ4v) is 1.98. The van der Waals surface area contributed by atoms with Crippen LogP contribution in [0.3, 0.4) is 0 Å². The average Bonchev–Trinajstić information content (AvgIpc) is 2.48. The monoisotopic (exact) mass is 228 g/mol. The minimum Gasteiger partial charge on any atom is -0.426 e. The molecule has 1 aliphatic rings. The predicted molar refractivity (Wildman–Crippen MR) is 63.7 cm³/mol. The molecule has 17 heavy (non-hydrogen) atoms. The quantitative estimate of drug-likeness (QED) is 0.588. The van der Waals surface area contributed by atoms with Gasteiger partial charge in [-0.1, -0.05) is 18.1 Å². The van der Waals surface area contributed by atoms with E-state index in [0.29, 0.717) is 11.1 Å². The first kappa shape index (κ1) is 11.4. The van der Waals surface area contributed by atoms with Crippen LogP contribution in [0.5, 0.6) is 0 Å². The molecule has 0 spiro atoms. The Hall–Kier alpha value is -2.05. The topological polar surface area (TPSA) is 46.5 Å². The van der Waals surface area contributed by atoms with Gasteiger partial charge in [0.25, 0.3) is 0 Å². The zero-order valence-corrected chi connectivity index (χ0v) is 9.65. The van der Waals surface area contributed by atoms with Gasteiger partial charge < -0.3 is 9.84 Å². The molecule has 0 fully saturated rings. The summed E-state index contributed by atoms with van der Waals surface area (Å²) in [6.45, 7) is 3.08. The Kier molecular flexibility index (Phi) is 2.53. The molecule has 1 heterocycles. The molecule has 0 aliphatic carbocycles. The third-order valence-corrected chi connectivity index (χ3v) is 2.78. The van der Waals surface area contributed by atoms with Gasteiger partial charge in [0.05, 0.1) is 0 Å². The highest BCUT2D eigenvalue weighted by molar-refractivity contribution is 6.03. The van der Waals surface area contributed by atoms with Crippen molar-refractivity contribution in [2.24, 2.45) is 0 Å². The van der Waals surface area contributed by atoms with E-state index in [-0.39, 0.29) is 0 Å².